The first-order valence-electron chi connectivity index (χ1n) is 5.99. The summed E-state index contributed by atoms with van der Waals surface area (Å²) in [6.45, 7) is 3.41. The molecule has 1 aromatic heterocycles. The van der Waals surface area contributed by atoms with Gasteiger partial charge >= 0.3 is 0 Å². The Morgan fingerprint density at radius 1 is 1.33 bits per heavy atom. The molecule has 2 rings (SSSR count). The molecule has 1 N–H and O–H groups in total. The van der Waals surface area contributed by atoms with Gasteiger partial charge in [-0.2, -0.15) is 15.0 Å². The zero-order chi connectivity index (χ0) is 13.3. The highest BCUT2D eigenvalue weighted by Gasteiger charge is 2.26. The van der Waals surface area contributed by atoms with Crippen LogP contribution in [0.5, 0.6) is 0 Å². The van der Waals surface area contributed by atoms with E-state index in [0.717, 1.165) is 13.0 Å². The molecule has 100 valence electrons. The topological polar surface area (TPSA) is 65.4 Å². The van der Waals surface area contributed by atoms with Gasteiger partial charge in [0.15, 0.2) is 0 Å². The van der Waals surface area contributed by atoms with Crippen molar-refractivity contribution in [1.82, 2.24) is 15.0 Å². The third kappa shape index (κ3) is 2.81. The van der Waals surface area contributed by atoms with E-state index in [0.29, 0.717) is 24.4 Å². The molecule has 2 unspecified atom stereocenters. The average molecular weight is 272 g/mol. The Hall–Kier alpha value is -1.14. The van der Waals surface area contributed by atoms with Gasteiger partial charge in [0.2, 0.25) is 17.2 Å². The monoisotopic (exact) mass is 271 g/mol. The predicted octanol–water partition coefficient (Wildman–Crippen LogP) is 0.798. The summed E-state index contributed by atoms with van der Waals surface area (Å²) in [5, 5.41) is 10.1. The number of aromatic nitrogens is 3. The zero-order valence-electron chi connectivity index (χ0n) is 10.8. The first-order valence-corrected chi connectivity index (χ1v) is 6.37. The number of β-amino-alcohol motifs (C(OH)–C–C–N with tert-alkyl or cyclic N) is 1. The van der Waals surface area contributed by atoms with Crippen LogP contribution in [0.4, 0.5) is 11.9 Å². The van der Waals surface area contributed by atoms with E-state index in [1.807, 2.05) is 25.9 Å². The van der Waals surface area contributed by atoms with Gasteiger partial charge in [-0.15, -0.1) is 0 Å². The third-order valence-electron chi connectivity index (χ3n) is 3.19. The molecule has 18 heavy (non-hydrogen) atoms. The van der Waals surface area contributed by atoms with Gasteiger partial charge in [-0.05, 0) is 23.9 Å². The summed E-state index contributed by atoms with van der Waals surface area (Å²) in [5.41, 5.74) is 0. The summed E-state index contributed by atoms with van der Waals surface area (Å²) in [7, 11) is 3.70. The lowest BCUT2D eigenvalue weighted by molar-refractivity contribution is 0.102. The number of hydrogen-bond donors (Lipinski definition) is 1. The number of halogens is 1. The Labute approximate surface area is 112 Å². The molecular formula is C11H18ClN5O. The van der Waals surface area contributed by atoms with Gasteiger partial charge in [0.05, 0.1) is 6.10 Å². The summed E-state index contributed by atoms with van der Waals surface area (Å²) in [5.74, 6) is 1.37. The van der Waals surface area contributed by atoms with Crippen molar-refractivity contribution in [3.8, 4) is 0 Å². The maximum absolute atomic E-state index is 9.90. The van der Waals surface area contributed by atoms with E-state index in [-0.39, 0.29) is 11.4 Å². The van der Waals surface area contributed by atoms with Gasteiger partial charge in [0.1, 0.15) is 0 Å². The molecule has 0 aliphatic carbocycles. The van der Waals surface area contributed by atoms with Crippen LogP contribution in [0.1, 0.15) is 13.3 Å². The summed E-state index contributed by atoms with van der Waals surface area (Å²) in [6.07, 6.45) is 0.569. The lowest BCUT2D eigenvalue weighted by Crippen LogP contribution is -2.43. The quantitative estimate of drug-likeness (QED) is 0.858. The Morgan fingerprint density at radius 3 is 2.67 bits per heavy atom. The van der Waals surface area contributed by atoms with Gasteiger partial charge in [-0.1, -0.05) is 6.92 Å². The van der Waals surface area contributed by atoms with E-state index >= 15 is 0 Å². The van der Waals surface area contributed by atoms with Gasteiger partial charge in [-0.3, -0.25) is 0 Å². The number of anilines is 2. The SMILES string of the molecule is CC1CCN(c2nc(Cl)nc(N(C)C)n2)CC1O. The van der Waals surface area contributed by atoms with E-state index in [1.165, 1.54) is 0 Å². The maximum Gasteiger partial charge on any atom is 0.231 e. The minimum atomic E-state index is -0.350. The smallest absolute Gasteiger partial charge is 0.231 e. The Balaban J connectivity index is 2.23. The van der Waals surface area contributed by atoms with Crippen LogP contribution in [-0.4, -0.2) is 53.3 Å². The molecule has 1 saturated heterocycles. The van der Waals surface area contributed by atoms with Crippen molar-refractivity contribution in [2.24, 2.45) is 5.92 Å². The molecule has 2 heterocycles. The summed E-state index contributed by atoms with van der Waals surface area (Å²) < 4.78 is 0. The molecular weight excluding hydrogens is 254 g/mol. The standard InChI is InChI=1S/C11H18ClN5O/c1-7-4-5-17(6-8(7)18)11-14-9(12)13-10(15-11)16(2)3/h7-8,18H,4-6H2,1-3H3. The highest BCUT2D eigenvalue weighted by atomic mass is 35.5. The molecule has 6 nitrogen and oxygen atoms in total. The van der Waals surface area contributed by atoms with Crippen molar-refractivity contribution in [3.05, 3.63) is 5.28 Å². The van der Waals surface area contributed by atoms with Crippen LogP contribution >= 0.6 is 11.6 Å². The van der Waals surface area contributed by atoms with Gasteiger partial charge < -0.3 is 14.9 Å². The minimum absolute atomic E-state index is 0.178. The Bertz CT molecular complexity index is 428. The average Bonchev–Trinajstić information content (AvgIpc) is 2.31. The highest BCUT2D eigenvalue weighted by molar-refractivity contribution is 6.28. The molecule has 0 spiro atoms. The summed E-state index contributed by atoms with van der Waals surface area (Å²) in [6, 6.07) is 0. The number of hydrogen-bond acceptors (Lipinski definition) is 6. The van der Waals surface area contributed by atoms with Gasteiger partial charge in [0, 0.05) is 27.2 Å². The summed E-state index contributed by atoms with van der Waals surface area (Å²) >= 11 is 5.90. The van der Waals surface area contributed by atoms with Crippen molar-refractivity contribution >= 4 is 23.5 Å². The minimum Gasteiger partial charge on any atom is -0.391 e. The number of rotatable bonds is 2. The van der Waals surface area contributed by atoms with E-state index in [1.54, 1.807) is 4.90 Å². The fourth-order valence-electron chi connectivity index (χ4n) is 1.90. The van der Waals surface area contributed by atoms with Gasteiger partial charge in [0.25, 0.3) is 0 Å². The van der Waals surface area contributed by atoms with Crippen molar-refractivity contribution in [3.63, 3.8) is 0 Å². The second-order valence-corrected chi connectivity index (χ2v) is 5.22. The summed E-state index contributed by atoms with van der Waals surface area (Å²) in [4.78, 5) is 16.3. The molecule has 2 atom stereocenters. The van der Waals surface area contributed by atoms with Crippen LogP contribution in [0.3, 0.4) is 0 Å². The van der Waals surface area contributed by atoms with E-state index in [2.05, 4.69) is 15.0 Å². The normalized spacial score (nSPS) is 24.2. The van der Waals surface area contributed by atoms with Crippen molar-refractivity contribution in [2.75, 3.05) is 37.0 Å². The second-order valence-electron chi connectivity index (χ2n) is 4.88. The molecule has 1 aliphatic rings. The molecule has 1 fully saturated rings. The molecule has 0 aromatic carbocycles. The zero-order valence-corrected chi connectivity index (χ0v) is 11.6. The maximum atomic E-state index is 9.90. The van der Waals surface area contributed by atoms with Crippen LogP contribution in [0, 0.1) is 5.92 Å². The molecule has 0 bridgehead atoms. The predicted molar refractivity (Wildman–Crippen MR) is 71.2 cm³/mol. The first-order chi connectivity index (χ1) is 8.47. The lowest BCUT2D eigenvalue weighted by Gasteiger charge is -2.34. The lowest BCUT2D eigenvalue weighted by atomic mass is 9.96. The molecule has 0 saturated carbocycles. The van der Waals surface area contributed by atoms with Crippen molar-refractivity contribution in [2.45, 2.75) is 19.4 Å². The first kappa shape index (κ1) is 13.3. The largest absolute Gasteiger partial charge is 0.391 e. The van der Waals surface area contributed by atoms with E-state index in [4.69, 9.17) is 11.6 Å². The third-order valence-corrected chi connectivity index (χ3v) is 3.36. The Kier molecular flexibility index (Phi) is 3.87. The van der Waals surface area contributed by atoms with Crippen molar-refractivity contribution < 1.29 is 5.11 Å². The second kappa shape index (κ2) is 5.24. The molecule has 7 heteroatoms. The molecule has 1 aromatic rings. The van der Waals surface area contributed by atoms with Crippen LogP contribution in [-0.2, 0) is 0 Å². The fourth-order valence-corrected chi connectivity index (χ4v) is 2.05. The van der Waals surface area contributed by atoms with Crippen molar-refractivity contribution in [1.29, 1.82) is 0 Å². The molecule has 0 amide bonds. The molecule has 1 aliphatic heterocycles. The van der Waals surface area contributed by atoms with Crippen LogP contribution in [0.25, 0.3) is 0 Å². The van der Waals surface area contributed by atoms with E-state index in [9.17, 15) is 5.11 Å². The van der Waals surface area contributed by atoms with Crippen LogP contribution in [0.2, 0.25) is 5.28 Å². The van der Waals surface area contributed by atoms with Crippen LogP contribution in [0.15, 0.2) is 0 Å². The van der Waals surface area contributed by atoms with Gasteiger partial charge in [-0.25, -0.2) is 0 Å². The molecule has 0 radical (unpaired) electrons. The number of aliphatic hydroxyl groups excluding tert-OH is 1. The highest BCUT2D eigenvalue weighted by Crippen LogP contribution is 2.22. The fraction of sp³-hybridized carbons (Fsp3) is 0.727. The van der Waals surface area contributed by atoms with E-state index < -0.39 is 0 Å². The Morgan fingerprint density at radius 2 is 2.06 bits per heavy atom. The number of piperidine rings is 1. The van der Waals surface area contributed by atoms with Crippen LogP contribution < -0.4 is 9.80 Å². The number of aliphatic hydroxyl groups is 1. The number of nitrogens with zero attached hydrogens (tertiary/aromatic N) is 5.